The molecule has 0 saturated heterocycles. The lowest BCUT2D eigenvalue weighted by atomic mass is 10.2. The lowest BCUT2D eigenvalue weighted by molar-refractivity contribution is -0.124. The number of benzene rings is 2. The predicted octanol–water partition coefficient (Wildman–Crippen LogP) is 2.87. The first-order chi connectivity index (χ1) is 12.0. The zero-order chi connectivity index (χ0) is 17.8. The third kappa shape index (κ3) is 3.85. The third-order valence-corrected chi connectivity index (χ3v) is 4.02. The second-order valence-electron chi connectivity index (χ2n) is 5.91. The minimum Gasteiger partial charge on any atom is -0.350 e. The highest BCUT2D eigenvalue weighted by molar-refractivity contribution is 5.88. The van der Waals surface area contributed by atoms with Crippen molar-refractivity contribution in [3.63, 3.8) is 0 Å². The maximum atomic E-state index is 12.5. The number of nitrogens with zero attached hydrogens (tertiary/aromatic N) is 2. The smallest absolute Gasteiger partial charge is 0.243 e. The van der Waals surface area contributed by atoms with Crippen LogP contribution < -0.4 is 10.6 Å². The van der Waals surface area contributed by atoms with Crippen molar-refractivity contribution in [1.82, 2.24) is 14.9 Å². The molecule has 3 aromatic rings. The molecule has 1 aromatic heterocycles. The Balaban J connectivity index is 1.63. The molecule has 25 heavy (non-hydrogen) atoms. The SMILES string of the molecule is CC(=O)Nc1ccc(CNC(=O)[C@H](C)n2cnc3ccccc32)cc1. The summed E-state index contributed by atoms with van der Waals surface area (Å²) < 4.78 is 1.87. The minimum atomic E-state index is -0.356. The molecule has 0 aliphatic rings. The van der Waals surface area contributed by atoms with Crippen molar-refractivity contribution >= 4 is 28.5 Å². The van der Waals surface area contributed by atoms with Gasteiger partial charge in [-0.15, -0.1) is 0 Å². The summed E-state index contributed by atoms with van der Waals surface area (Å²) in [4.78, 5) is 27.8. The summed E-state index contributed by atoms with van der Waals surface area (Å²) >= 11 is 0. The van der Waals surface area contributed by atoms with E-state index in [1.807, 2.05) is 60.0 Å². The van der Waals surface area contributed by atoms with Gasteiger partial charge in [0, 0.05) is 19.2 Å². The highest BCUT2D eigenvalue weighted by atomic mass is 16.2. The summed E-state index contributed by atoms with van der Waals surface area (Å²) in [6.07, 6.45) is 1.69. The number of rotatable bonds is 5. The minimum absolute atomic E-state index is 0.0749. The molecule has 0 radical (unpaired) electrons. The van der Waals surface area contributed by atoms with Crippen LogP contribution >= 0.6 is 0 Å². The summed E-state index contributed by atoms with van der Waals surface area (Å²) in [6.45, 7) is 3.74. The van der Waals surface area contributed by atoms with Crippen LogP contribution in [0.3, 0.4) is 0 Å². The maximum absolute atomic E-state index is 12.5. The summed E-state index contributed by atoms with van der Waals surface area (Å²) in [5, 5.41) is 5.65. The molecule has 1 heterocycles. The molecule has 3 rings (SSSR count). The Labute approximate surface area is 145 Å². The quantitative estimate of drug-likeness (QED) is 0.752. The Bertz CT molecular complexity index is 899. The van der Waals surface area contributed by atoms with Crippen LogP contribution in [0, 0.1) is 0 Å². The van der Waals surface area contributed by atoms with Crippen LogP contribution in [0.15, 0.2) is 54.9 Å². The molecule has 2 amide bonds. The zero-order valence-electron chi connectivity index (χ0n) is 14.2. The summed E-state index contributed by atoms with van der Waals surface area (Å²) in [6, 6.07) is 14.8. The van der Waals surface area contributed by atoms with E-state index in [1.165, 1.54) is 6.92 Å². The van der Waals surface area contributed by atoms with E-state index in [9.17, 15) is 9.59 Å². The van der Waals surface area contributed by atoms with Gasteiger partial charge in [0.2, 0.25) is 11.8 Å². The van der Waals surface area contributed by atoms with Crippen LogP contribution in [0.4, 0.5) is 5.69 Å². The van der Waals surface area contributed by atoms with E-state index in [-0.39, 0.29) is 17.9 Å². The van der Waals surface area contributed by atoms with Crippen molar-refractivity contribution in [2.24, 2.45) is 0 Å². The van der Waals surface area contributed by atoms with Gasteiger partial charge >= 0.3 is 0 Å². The van der Waals surface area contributed by atoms with Crippen LogP contribution in [-0.2, 0) is 16.1 Å². The van der Waals surface area contributed by atoms with Gasteiger partial charge in [-0.25, -0.2) is 4.98 Å². The molecule has 1 atom stereocenters. The molecule has 0 fully saturated rings. The maximum Gasteiger partial charge on any atom is 0.243 e. The molecule has 6 heteroatoms. The third-order valence-electron chi connectivity index (χ3n) is 4.02. The average molecular weight is 336 g/mol. The van der Waals surface area contributed by atoms with E-state index in [4.69, 9.17) is 0 Å². The number of fused-ring (bicyclic) bond motifs is 1. The topological polar surface area (TPSA) is 76.0 Å². The zero-order valence-corrected chi connectivity index (χ0v) is 14.2. The van der Waals surface area contributed by atoms with Crippen molar-refractivity contribution in [3.8, 4) is 0 Å². The lowest BCUT2D eigenvalue weighted by Crippen LogP contribution is -2.30. The first-order valence-corrected chi connectivity index (χ1v) is 8.10. The van der Waals surface area contributed by atoms with Crippen molar-refractivity contribution in [1.29, 1.82) is 0 Å². The Morgan fingerprint density at radius 3 is 2.56 bits per heavy atom. The summed E-state index contributed by atoms with van der Waals surface area (Å²) in [5.41, 5.74) is 3.51. The van der Waals surface area contributed by atoms with Gasteiger partial charge < -0.3 is 15.2 Å². The van der Waals surface area contributed by atoms with E-state index in [2.05, 4.69) is 15.6 Å². The Morgan fingerprint density at radius 2 is 1.84 bits per heavy atom. The second kappa shape index (κ2) is 7.17. The first kappa shape index (κ1) is 16.7. The van der Waals surface area contributed by atoms with Gasteiger partial charge in [0.15, 0.2) is 0 Å². The molecule has 0 saturated carbocycles. The number of nitrogens with one attached hydrogen (secondary N) is 2. The Hall–Kier alpha value is -3.15. The number of aromatic nitrogens is 2. The standard InChI is InChI=1S/C19H20N4O2/c1-13(23-12-21-17-5-3-4-6-18(17)23)19(25)20-11-15-7-9-16(10-8-15)22-14(2)24/h3-10,12-13H,11H2,1-2H3,(H,20,25)(H,22,24)/t13-/m0/s1. The molecule has 128 valence electrons. The number of carbonyl (C=O) groups excluding carboxylic acids is 2. The number of carbonyl (C=O) groups is 2. The molecule has 0 aliphatic heterocycles. The molecule has 0 aliphatic carbocycles. The van der Waals surface area contributed by atoms with Gasteiger partial charge in [-0.3, -0.25) is 9.59 Å². The summed E-state index contributed by atoms with van der Waals surface area (Å²) in [7, 11) is 0. The number of amides is 2. The number of hydrogen-bond donors (Lipinski definition) is 2. The molecule has 0 bridgehead atoms. The van der Waals surface area contributed by atoms with Gasteiger partial charge in [0.05, 0.1) is 17.4 Å². The molecule has 6 nitrogen and oxygen atoms in total. The number of anilines is 1. The first-order valence-electron chi connectivity index (χ1n) is 8.10. The predicted molar refractivity (Wildman–Crippen MR) is 97.0 cm³/mol. The van der Waals surface area contributed by atoms with E-state index < -0.39 is 0 Å². The van der Waals surface area contributed by atoms with Crippen LogP contribution in [-0.4, -0.2) is 21.4 Å². The molecular weight excluding hydrogens is 316 g/mol. The van der Waals surface area contributed by atoms with E-state index in [0.29, 0.717) is 6.54 Å². The lowest BCUT2D eigenvalue weighted by Gasteiger charge is -2.15. The van der Waals surface area contributed by atoms with Gasteiger partial charge in [0.25, 0.3) is 0 Å². The average Bonchev–Trinajstić information content (AvgIpc) is 3.04. The summed E-state index contributed by atoms with van der Waals surface area (Å²) in [5.74, 6) is -0.184. The normalized spacial score (nSPS) is 11.9. The molecule has 2 N–H and O–H groups in total. The Kier molecular flexibility index (Phi) is 4.79. The highest BCUT2D eigenvalue weighted by Crippen LogP contribution is 2.17. The van der Waals surface area contributed by atoms with Crippen molar-refractivity contribution in [2.45, 2.75) is 26.4 Å². The van der Waals surface area contributed by atoms with Gasteiger partial charge in [-0.1, -0.05) is 24.3 Å². The Morgan fingerprint density at radius 1 is 1.12 bits per heavy atom. The number of imidazole rings is 1. The van der Waals surface area contributed by atoms with E-state index in [1.54, 1.807) is 6.33 Å². The van der Waals surface area contributed by atoms with Gasteiger partial charge in [-0.05, 0) is 36.8 Å². The molecule has 2 aromatic carbocycles. The van der Waals surface area contributed by atoms with Crippen LogP contribution in [0.25, 0.3) is 11.0 Å². The molecule has 0 unspecified atom stereocenters. The molecular formula is C19H20N4O2. The monoisotopic (exact) mass is 336 g/mol. The second-order valence-corrected chi connectivity index (χ2v) is 5.91. The fourth-order valence-corrected chi connectivity index (χ4v) is 2.66. The molecule has 0 spiro atoms. The van der Waals surface area contributed by atoms with E-state index in [0.717, 1.165) is 22.3 Å². The van der Waals surface area contributed by atoms with Crippen molar-refractivity contribution < 1.29 is 9.59 Å². The highest BCUT2D eigenvalue weighted by Gasteiger charge is 2.16. The van der Waals surface area contributed by atoms with Crippen molar-refractivity contribution in [3.05, 3.63) is 60.4 Å². The fourth-order valence-electron chi connectivity index (χ4n) is 2.66. The number of para-hydroxylation sites is 2. The van der Waals surface area contributed by atoms with Crippen LogP contribution in [0.2, 0.25) is 0 Å². The van der Waals surface area contributed by atoms with Crippen molar-refractivity contribution in [2.75, 3.05) is 5.32 Å². The van der Waals surface area contributed by atoms with E-state index >= 15 is 0 Å². The van der Waals surface area contributed by atoms with Gasteiger partial charge in [0.1, 0.15) is 6.04 Å². The fraction of sp³-hybridized carbons (Fsp3) is 0.211. The van der Waals surface area contributed by atoms with Crippen LogP contribution in [0.5, 0.6) is 0 Å². The largest absolute Gasteiger partial charge is 0.350 e. The van der Waals surface area contributed by atoms with Gasteiger partial charge in [-0.2, -0.15) is 0 Å². The number of hydrogen-bond acceptors (Lipinski definition) is 3. The van der Waals surface area contributed by atoms with Crippen LogP contribution in [0.1, 0.15) is 25.5 Å².